The molecule has 1 heterocycles. The molecule has 3 aromatic rings. The smallest absolute Gasteiger partial charge is 0.126 e. The van der Waals surface area contributed by atoms with Gasteiger partial charge >= 0.3 is 0 Å². The van der Waals surface area contributed by atoms with E-state index in [2.05, 4.69) is 29.3 Å². The van der Waals surface area contributed by atoms with Crippen LogP contribution in [-0.4, -0.2) is 19.2 Å². The van der Waals surface area contributed by atoms with Gasteiger partial charge in [-0.2, -0.15) is 0 Å². The summed E-state index contributed by atoms with van der Waals surface area (Å²) < 4.78 is 10.8. The van der Waals surface area contributed by atoms with Gasteiger partial charge in [-0.05, 0) is 53.1 Å². The molecule has 24 heavy (non-hydrogen) atoms. The van der Waals surface area contributed by atoms with Gasteiger partial charge in [0.1, 0.15) is 11.5 Å². The van der Waals surface area contributed by atoms with Gasteiger partial charge in [0.2, 0.25) is 0 Å². The second-order valence-corrected chi connectivity index (χ2v) is 5.27. The Balaban J connectivity index is 2.15. The average Bonchev–Trinajstić information content (AvgIpc) is 2.67. The molecule has 0 radical (unpaired) electrons. The lowest BCUT2D eigenvalue weighted by molar-refractivity contribution is 0.413. The van der Waals surface area contributed by atoms with Gasteiger partial charge in [-0.1, -0.05) is 30.3 Å². The zero-order chi connectivity index (χ0) is 16.8. The molecule has 120 valence electrons. The van der Waals surface area contributed by atoms with E-state index in [4.69, 9.17) is 9.47 Å². The summed E-state index contributed by atoms with van der Waals surface area (Å²) in [6, 6.07) is 20.0. The summed E-state index contributed by atoms with van der Waals surface area (Å²) in [4.78, 5) is 4.08. The van der Waals surface area contributed by atoms with E-state index in [0.717, 1.165) is 33.8 Å². The predicted molar refractivity (Wildman–Crippen MR) is 97.2 cm³/mol. The highest BCUT2D eigenvalue weighted by Crippen LogP contribution is 2.33. The number of para-hydroxylation sites is 1. The Kier molecular flexibility index (Phi) is 4.92. The molecule has 0 bridgehead atoms. The lowest BCUT2D eigenvalue weighted by atomic mass is 9.95. The number of pyridine rings is 1. The molecule has 0 saturated carbocycles. The minimum atomic E-state index is 0.835. The van der Waals surface area contributed by atoms with Gasteiger partial charge in [-0.15, -0.1) is 0 Å². The normalized spacial score (nSPS) is 11.2. The van der Waals surface area contributed by atoms with Crippen LogP contribution in [-0.2, 0) is 0 Å². The molecule has 3 heteroatoms. The first-order valence-electron chi connectivity index (χ1n) is 7.71. The number of hydrogen-bond acceptors (Lipinski definition) is 3. The van der Waals surface area contributed by atoms with E-state index >= 15 is 0 Å². The van der Waals surface area contributed by atoms with Crippen LogP contribution in [0.3, 0.4) is 0 Å². The average molecular weight is 317 g/mol. The van der Waals surface area contributed by atoms with Crippen molar-refractivity contribution in [3.63, 3.8) is 0 Å². The molecule has 0 aliphatic heterocycles. The van der Waals surface area contributed by atoms with Crippen LogP contribution in [0.4, 0.5) is 0 Å². The number of ether oxygens (including phenoxy) is 2. The fraction of sp³-hybridized carbons (Fsp3) is 0.0952. The maximum absolute atomic E-state index is 5.55. The summed E-state index contributed by atoms with van der Waals surface area (Å²) in [7, 11) is 3.36. The Morgan fingerprint density at radius 1 is 0.833 bits per heavy atom. The molecule has 0 aliphatic rings. The molecule has 0 atom stereocenters. The maximum Gasteiger partial charge on any atom is 0.126 e. The molecule has 2 aromatic carbocycles. The minimum absolute atomic E-state index is 0.835. The first-order chi connectivity index (χ1) is 11.8. The molecule has 0 saturated heterocycles. The van der Waals surface area contributed by atoms with Crippen LogP contribution in [0.2, 0.25) is 0 Å². The maximum atomic E-state index is 5.55. The predicted octanol–water partition coefficient (Wildman–Crippen LogP) is 4.69. The number of aromatic nitrogens is 1. The van der Waals surface area contributed by atoms with Crippen molar-refractivity contribution >= 4 is 11.6 Å². The minimum Gasteiger partial charge on any atom is -0.497 e. The highest BCUT2D eigenvalue weighted by molar-refractivity contribution is 5.93. The molecule has 0 unspecified atom stereocenters. The molecule has 3 nitrogen and oxygen atoms in total. The van der Waals surface area contributed by atoms with E-state index in [1.54, 1.807) is 26.6 Å². The van der Waals surface area contributed by atoms with Crippen molar-refractivity contribution in [3.8, 4) is 11.5 Å². The third-order valence-electron chi connectivity index (χ3n) is 3.82. The zero-order valence-corrected chi connectivity index (χ0v) is 13.8. The van der Waals surface area contributed by atoms with Gasteiger partial charge in [0.05, 0.1) is 14.2 Å². The highest BCUT2D eigenvalue weighted by Gasteiger charge is 2.11. The molecule has 1 aromatic heterocycles. The van der Waals surface area contributed by atoms with Crippen LogP contribution >= 0.6 is 0 Å². The van der Waals surface area contributed by atoms with Crippen LogP contribution in [0.25, 0.3) is 11.6 Å². The number of methoxy groups -OCH3 is 2. The molecule has 0 spiro atoms. The SMILES string of the molecule is COc1ccc(C(=Cc2ccncc2)c2ccccc2OC)cc1. The van der Waals surface area contributed by atoms with Gasteiger partial charge in [0.15, 0.2) is 0 Å². The van der Waals surface area contributed by atoms with Crippen molar-refractivity contribution < 1.29 is 9.47 Å². The summed E-state index contributed by atoms with van der Waals surface area (Å²) in [5.41, 5.74) is 4.31. The first kappa shape index (κ1) is 15.8. The van der Waals surface area contributed by atoms with Crippen LogP contribution in [0.1, 0.15) is 16.7 Å². The van der Waals surface area contributed by atoms with Gasteiger partial charge < -0.3 is 9.47 Å². The van der Waals surface area contributed by atoms with Crippen LogP contribution in [0.15, 0.2) is 73.1 Å². The monoisotopic (exact) mass is 317 g/mol. The lowest BCUT2D eigenvalue weighted by Crippen LogP contribution is -1.94. The third-order valence-corrected chi connectivity index (χ3v) is 3.82. The van der Waals surface area contributed by atoms with Crippen molar-refractivity contribution in [2.75, 3.05) is 14.2 Å². The molecule has 0 amide bonds. The quantitative estimate of drug-likeness (QED) is 0.684. The first-order valence-corrected chi connectivity index (χ1v) is 7.71. The van der Waals surface area contributed by atoms with E-state index in [9.17, 15) is 0 Å². The van der Waals surface area contributed by atoms with E-state index in [1.165, 1.54) is 0 Å². The third kappa shape index (κ3) is 3.46. The van der Waals surface area contributed by atoms with Gasteiger partial charge in [0, 0.05) is 18.0 Å². The van der Waals surface area contributed by atoms with E-state index in [0.29, 0.717) is 0 Å². The van der Waals surface area contributed by atoms with E-state index in [-0.39, 0.29) is 0 Å². The summed E-state index contributed by atoms with van der Waals surface area (Å²) in [5, 5.41) is 0. The van der Waals surface area contributed by atoms with Crippen molar-refractivity contribution in [2.45, 2.75) is 0 Å². The standard InChI is InChI=1S/C21H19NO2/c1-23-18-9-7-17(8-10-18)20(15-16-11-13-22-14-12-16)19-5-3-4-6-21(19)24-2/h3-15H,1-2H3. The Hall–Kier alpha value is -3.07. The molecule has 0 fully saturated rings. The second-order valence-electron chi connectivity index (χ2n) is 5.27. The number of rotatable bonds is 5. The van der Waals surface area contributed by atoms with Crippen molar-refractivity contribution in [1.82, 2.24) is 4.98 Å². The van der Waals surface area contributed by atoms with Crippen LogP contribution < -0.4 is 9.47 Å². The number of benzene rings is 2. The topological polar surface area (TPSA) is 31.4 Å². The fourth-order valence-electron chi connectivity index (χ4n) is 2.58. The Labute approximate surface area is 142 Å². The fourth-order valence-corrected chi connectivity index (χ4v) is 2.58. The number of nitrogens with zero attached hydrogens (tertiary/aromatic N) is 1. The molecular formula is C21H19NO2. The van der Waals surface area contributed by atoms with Crippen molar-refractivity contribution in [3.05, 3.63) is 89.7 Å². The Morgan fingerprint density at radius 2 is 1.54 bits per heavy atom. The van der Waals surface area contributed by atoms with Gasteiger partial charge in [0.25, 0.3) is 0 Å². The largest absolute Gasteiger partial charge is 0.497 e. The Bertz CT molecular complexity index is 824. The number of hydrogen-bond donors (Lipinski definition) is 0. The molecule has 0 aliphatic carbocycles. The van der Waals surface area contributed by atoms with E-state index in [1.807, 2.05) is 42.5 Å². The molecule has 3 rings (SSSR count). The summed E-state index contributed by atoms with van der Waals surface area (Å²) in [6.45, 7) is 0. The van der Waals surface area contributed by atoms with E-state index < -0.39 is 0 Å². The summed E-state index contributed by atoms with van der Waals surface area (Å²) in [5.74, 6) is 1.68. The Morgan fingerprint density at radius 3 is 2.21 bits per heavy atom. The molecular weight excluding hydrogens is 298 g/mol. The lowest BCUT2D eigenvalue weighted by Gasteiger charge is -2.13. The van der Waals surface area contributed by atoms with Crippen LogP contribution in [0, 0.1) is 0 Å². The molecule has 0 N–H and O–H groups in total. The van der Waals surface area contributed by atoms with Crippen LogP contribution in [0.5, 0.6) is 11.5 Å². The second kappa shape index (κ2) is 7.47. The summed E-state index contributed by atoms with van der Waals surface area (Å²) in [6.07, 6.45) is 5.72. The zero-order valence-electron chi connectivity index (χ0n) is 13.8. The van der Waals surface area contributed by atoms with Crippen molar-refractivity contribution in [1.29, 1.82) is 0 Å². The van der Waals surface area contributed by atoms with Gasteiger partial charge in [-0.3, -0.25) is 4.98 Å². The van der Waals surface area contributed by atoms with Crippen molar-refractivity contribution in [2.24, 2.45) is 0 Å². The van der Waals surface area contributed by atoms with Gasteiger partial charge in [-0.25, -0.2) is 0 Å². The summed E-state index contributed by atoms with van der Waals surface area (Å²) >= 11 is 0. The highest BCUT2D eigenvalue weighted by atomic mass is 16.5.